The van der Waals surface area contributed by atoms with E-state index in [1.165, 1.54) is 0 Å². The lowest BCUT2D eigenvalue weighted by Gasteiger charge is -2.43. The van der Waals surface area contributed by atoms with Crippen LogP contribution in [0.3, 0.4) is 0 Å². The second-order valence-electron chi connectivity index (χ2n) is 15.3. The Balaban J connectivity index is 1.30. The first-order valence-electron chi connectivity index (χ1n) is 20.4. The van der Waals surface area contributed by atoms with E-state index in [2.05, 4.69) is 13.8 Å². The Morgan fingerprint density at radius 2 is 1.27 bits per heavy atom. The van der Waals surface area contributed by atoms with Gasteiger partial charge < -0.3 is 37.9 Å². The molecule has 4 aromatic rings. The maximum atomic E-state index is 12.9. The minimum absolute atomic E-state index is 0.0110. The van der Waals surface area contributed by atoms with E-state index >= 15 is 0 Å². The van der Waals surface area contributed by atoms with E-state index in [4.69, 9.17) is 42.1 Å². The van der Waals surface area contributed by atoms with Crippen LogP contribution in [0.4, 0.5) is 0 Å². The van der Waals surface area contributed by atoms with Crippen molar-refractivity contribution in [3.63, 3.8) is 0 Å². The van der Waals surface area contributed by atoms with Crippen molar-refractivity contribution < 1.29 is 55.0 Å². The molecule has 60 heavy (non-hydrogen) atoms. The normalized spacial score (nSPS) is 24.7. The lowest BCUT2D eigenvalue weighted by molar-refractivity contribution is -0.298. The molecule has 6 rings (SSSR count). The standard InChI is InChI=1S/C46H58O12S2/c1-7-42-32(3)41(54-26-34-15-21-38(51-5)22-16-34)30-59(42)29-31(2)43(58-60(47,48)49)45(55-27-35-17-23-39(52-6)24-18-35)44-40(53-25-33-13-19-37(50-4)20-14-33)28-56-46(57-44)36-11-9-8-10-12-36/h8-24,31-32,40-46H,7,25-30H2,1-6H3/p+1/t31-,32+,40+,41-,42-,43?,44-,45+,46?,59-/m1/s1. The molecule has 14 heteroatoms. The highest BCUT2D eigenvalue weighted by Gasteiger charge is 2.52. The fourth-order valence-corrected chi connectivity index (χ4v) is 12.1. The van der Waals surface area contributed by atoms with Crippen LogP contribution in [-0.2, 0) is 69.0 Å². The monoisotopic (exact) mass is 867 g/mol. The molecule has 0 saturated carbocycles. The third-order valence-corrected chi connectivity index (χ3v) is 15.1. The van der Waals surface area contributed by atoms with Gasteiger partial charge in [0.15, 0.2) is 6.29 Å². The van der Waals surface area contributed by atoms with Crippen molar-refractivity contribution in [1.82, 2.24) is 0 Å². The van der Waals surface area contributed by atoms with Crippen molar-refractivity contribution in [3.05, 3.63) is 125 Å². The molecule has 2 heterocycles. The summed E-state index contributed by atoms with van der Waals surface area (Å²) in [4.78, 5) is 0. The number of benzene rings is 4. The molecular formula is C46H59O12S2+. The maximum absolute atomic E-state index is 12.9. The van der Waals surface area contributed by atoms with E-state index in [-0.39, 0.29) is 42.7 Å². The topological polar surface area (TPSA) is 137 Å². The number of methoxy groups -OCH3 is 3. The molecule has 0 bridgehead atoms. The van der Waals surface area contributed by atoms with E-state index in [1.807, 2.05) is 110 Å². The van der Waals surface area contributed by atoms with E-state index in [0.29, 0.717) is 23.4 Å². The number of hydrogen-bond donors (Lipinski definition) is 1. The third kappa shape index (κ3) is 12.5. The molecule has 0 amide bonds. The predicted molar refractivity (Wildman–Crippen MR) is 231 cm³/mol. The van der Waals surface area contributed by atoms with Crippen LogP contribution >= 0.6 is 0 Å². The van der Waals surface area contributed by atoms with Gasteiger partial charge in [0.1, 0.15) is 64.5 Å². The lowest BCUT2D eigenvalue weighted by atomic mass is 9.94. The van der Waals surface area contributed by atoms with Gasteiger partial charge in [-0.15, -0.1) is 0 Å². The molecule has 10 atom stereocenters. The van der Waals surface area contributed by atoms with Gasteiger partial charge in [0.2, 0.25) is 0 Å². The van der Waals surface area contributed by atoms with Crippen LogP contribution in [0.5, 0.6) is 17.2 Å². The summed E-state index contributed by atoms with van der Waals surface area (Å²) in [6.45, 7) is 7.25. The predicted octanol–water partition coefficient (Wildman–Crippen LogP) is 7.75. The fourth-order valence-electron chi connectivity index (χ4n) is 7.98. The van der Waals surface area contributed by atoms with Gasteiger partial charge >= 0.3 is 10.4 Å². The average Bonchev–Trinajstić information content (AvgIpc) is 3.57. The SMILES string of the molecule is CC[C@@H]1[C@@H](C)[C@H](OCc2ccc(OC)cc2)C[S@@+]1C[C@@H](C)C(OS(=O)(=O)O)[C@H](OCc1ccc(OC)cc1)[C@@H]1OC(c2ccccc2)OC[C@@H]1OCc1ccc(OC)cc1. The van der Waals surface area contributed by atoms with Gasteiger partial charge in [0.05, 0.1) is 47.8 Å². The first kappa shape index (κ1) is 45.8. The van der Waals surface area contributed by atoms with Gasteiger partial charge in [-0.1, -0.05) is 87.5 Å². The fraction of sp³-hybridized carbons (Fsp3) is 0.478. The Morgan fingerprint density at radius 3 is 1.77 bits per heavy atom. The average molecular weight is 868 g/mol. The van der Waals surface area contributed by atoms with Gasteiger partial charge in [-0.25, -0.2) is 4.18 Å². The van der Waals surface area contributed by atoms with Crippen molar-refractivity contribution in [2.75, 3.05) is 39.4 Å². The van der Waals surface area contributed by atoms with Crippen LogP contribution < -0.4 is 14.2 Å². The van der Waals surface area contributed by atoms with Crippen molar-refractivity contribution in [2.45, 2.75) is 89.1 Å². The Hall–Kier alpha value is -3.70. The first-order valence-corrected chi connectivity index (χ1v) is 23.3. The molecular weight excluding hydrogens is 809 g/mol. The van der Waals surface area contributed by atoms with Gasteiger partial charge in [-0.05, 0) is 70.4 Å². The molecule has 2 aliphatic rings. The zero-order valence-electron chi connectivity index (χ0n) is 35.2. The quantitative estimate of drug-likeness (QED) is 0.0648. The van der Waals surface area contributed by atoms with Gasteiger partial charge in [0.25, 0.3) is 0 Å². The summed E-state index contributed by atoms with van der Waals surface area (Å²) in [5, 5.41) is 0.334. The summed E-state index contributed by atoms with van der Waals surface area (Å²) in [7, 11) is -0.304. The van der Waals surface area contributed by atoms with Crippen LogP contribution in [0.1, 0.15) is 55.7 Å². The van der Waals surface area contributed by atoms with E-state index < -0.39 is 47.0 Å². The van der Waals surface area contributed by atoms with Crippen molar-refractivity contribution in [3.8, 4) is 17.2 Å². The molecule has 0 radical (unpaired) electrons. The summed E-state index contributed by atoms with van der Waals surface area (Å²) in [6, 6.07) is 32.4. The van der Waals surface area contributed by atoms with E-state index in [9.17, 15) is 13.0 Å². The van der Waals surface area contributed by atoms with Crippen LogP contribution in [0.25, 0.3) is 0 Å². The summed E-state index contributed by atoms with van der Waals surface area (Å²) in [5.41, 5.74) is 3.54. The van der Waals surface area contributed by atoms with E-state index in [0.717, 1.165) is 45.9 Å². The Kier molecular flexibility index (Phi) is 16.7. The van der Waals surface area contributed by atoms with Gasteiger partial charge in [-0.3, -0.25) is 4.55 Å². The molecule has 0 spiro atoms. The zero-order valence-corrected chi connectivity index (χ0v) is 36.8. The summed E-state index contributed by atoms with van der Waals surface area (Å²) in [5.74, 6) is 3.46. The molecule has 0 aliphatic carbocycles. The Bertz CT molecular complexity index is 1980. The van der Waals surface area contributed by atoms with Crippen molar-refractivity contribution in [2.24, 2.45) is 11.8 Å². The largest absolute Gasteiger partial charge is 0.497 e. The van der Waals surface area contributed by atoms with Gasteiger partial charge in [0, 0.05) is 17.4 Å². The highest BCUT2D eigenvalue weighted by Crippen LogP contribution is 2.38. The van der Waals surface area contributed by atoms with Crippen LogP contribution in [0.2, 0.25) is 0 Å². The maximum Gasteiger partial charge on any atom is 0.397 e. The smallest absolute Gasteiger partial charge is 0.397 e. The van der Waals surface area contributed by atoms with Crippen molar-refractivity contribution >= 4 is 21.3 Å². The first-order chi connectivity index (χ1) is 29.0. The molecule has 2 saturated heterocycles. The summed E-state index contributed by atoms with van der Waals surface area (Å²) in [6.07, 6.45) is -3.71. The number of hydrogen-bond acceptors (Lipinski definition) is 11. The summed E-state index contributed by atoms with van der Waals surface area (Å²) < 4.78 is 90.9. The minimum Gasteiger partial charge on any atom is -0.497 e. The Labute approximate surface area is 358 Å². The lowest BCUT2D eigenvalue weighted by Crippen LogP contribution is -2.56. The minimum atomic E-state index is -4.97. The zero-order chi connectivity index (χ0) is 42.6. The molecule has 1 N–H and O–H groups in total. The van der Waals surface area contributed by atoms with Crippen LogP contribution in [0.15, 0.2) is 103 Å². The third-order valence-electron chi connectivity index (χ3n) is 11.3. The molecule has 2 aliphatic heterocycles. The second-order valence-corrected chi connectivity index (χ2v) is 18.7. The molecule has 4 aromatic carbocycles. The molecule has 326 valence electrons. The molecule has 2 unspecified atom stereocenters. The molecule has 0 aromatic heterocycles. The number of rotatable bonds is 21. The van der Waals surface area contributed by atoms with Crippen molar-refractivity contribution in [1.29, 1.82) is 0 Å². The highest BCUT2D eigenvalue weighted by atomic mass is 32.3. The molecule has 2 fully saturated rings. The number of ether oxygens (including phenoxy) is 8. The van der Waals surface area contributed by atoms with Crippen LogP contribution in [0, 0.1) is 11.8 Å². The summed E-state index contributed by atoms with van der Waals surface area (Å²) >= 11 is 0. The second kappa shape index (κ2) is 21.9. The Morgan fingerprint density at radius 1 is 0.750 bits per heavy atom. The van der Waals surface area contributed by atoms with E-state index in [1.54, 1.807) is 21.3 Å². The van der Waals surface area contributed by atoms with Crippen LogP contribution in [-0.4, -0.2) is 88.2 Å². The molecule has 12 nitrogen and oxygen atoms in total. The van der Waals surface area contributed by atoms with Gasteiger partial charge in [-0.2, -0.15) is 8.42 Å². The highest BCUT2D eigenvalue weighted by molar-refractivity contribution is 7.97.